The van der Waals surface area contributed by atoms with E-state index in [1.165, 1.54) is 0 Å². The Hall–Kier alpha value is -2.95. The molecule has 2 aromatic rings. The average molecular weight is 348 g/mol. The van der Waals surface area contributed by atoms with Crippen LogP contribution >= 0.6 is 0 Å². The van der Waals surface area contributed by atoms with Crippen LogP contribution in [0.15, 0.2) is 54.6 Å². The lowest BCUT2D eigenvalue weighted by Gasteiger charge is -2.33. The van der Waals surface area contributed by atoms with Crippen molar-refractivity contribution >= 4 is 23.3 Å². The second kappa shape index (κ2) is 6.75. The van der Waals surface area contributed by atoms with Crippen molar-refractivity contribution in [3.8, 4) is 0 Å². The SMILES string of the molecule is O=C1CCN(C(=O)C2CCC(=O)N2Cc2ccccc2)c2ccccc21. The van der Waals surface area contributed by atoms with Gasteiger partial charge in [0, 0.05) is 31.5 Å². The summed E-state index contributed by atoms with van der Waals surface area (Å²) >= 11 is 0. The third-order valence-corrected chi connectivity index (χ3v) is 5.13. The molecule has 26 heavy (non-hydrogen) atoms. The third kappa shape index (κ3) is 2.90. The molecule has 0 radical (unpaired) electrons. The quantitative estimate of drug-likeness (QED) is 0.857. The molecule has 132 valence electrons. The van der Waals surface area contributed by atoms with Crippen molar-refractivity contribution in [1.82, 2.24) is 4.90 Å². The van der Waals surface area contributed by atoms with Gasteiger partial charge in [0.25, 0.3) is 0 Å². The van der Waals surface area contributed by atoms with Crippen LogP contribution in [0.4, 0.5) is 5.69 Å². The van der Waals surface area contributed by atoms with Crippen molar-refractivity contribution in [1.29, 1.82) is 0 Å². The standard InChI is InChI=1S/C21H20N2O3/c24-19-12-13-22(17-9-5-4-8-16(17)19)21(26)18-10-11-20(25)23(18)14-15-6-2-1-3-7-15/h1-9,18H,10-14H2. The van der Waals surface area contributed by atoms with Crippen LogP contribution in [0, 0.1) is 0 Å². The van der Waals surface area contributed by atoms with Gasteiger partial charge in [-0.25, -0.2) is 0 Å². The minimum atomic E-state index is -0.469. The molecule has 0 aromatic heterocycles. The Labute approximate surface area is 152 Å². The molecular weight excluding hydrogens is 328 g/mol. The van der Waals surface area contributed by atoms with E-state index in [0.717, 1.165) is 5.56 Å². The predicted molar refractivity (Wildman–Crippen MR) is 97.8 cm³/mol. The summed E-state index contributed by atoms with van der Waals surface area (Å²) in [5.41, 5.74) is 2.26. The summed E-state index contributed by atoms with van der Waals surface area (Å²) in [7, 11) is 0. The van der Waals surface area contributed by atoms with Gasteiger partial charge in [-0.15, -0.1) is 0 Å². The number of para-hydroxylation sites is 1. The molecule has 1 saturated heterocycles. The largest absolute Gasteiger partial charge is 0.326 e. The summed E-state index contributed by atoms with van der Waals surface area (Å²) in [6.07, 6.45) is 1.23. The number of hydrogen-bond donors (Lipinski definition) is 0. The van der Waals surface area contributed by atoms with Crippen molar-refractivity contribution in [2.24, 2.45) is 0 Å². The highest BCUT2D eigenvalue weighted by molar-refractivity contribution is 6.10. The lowest BCUT2D eigenvalue weighted by Crippen LogP contribution is -2.48. The Kier molecular flexibility index (Phi) is 4.29. The second-order valence-electron chi connectivity index (χ2n) is 6.74. The Morgan fingerprint density at radius 2 is 1.69 bits per heavy atom. The first-order valence-electron chi connectivity index (χ1n) is 8.92. The summed E-state index contributed by atoms with van der Waals surface area (Å²) in [4.78, 5) is 41.1. The maximum atomic E-state index is 13.2. The molecule has 0 spiro atoms. The molecule has 2 aromatic carbocycles. The van der Waals surface area contributed by atoms with Crippen LogP contribution < -0.4 is 4.90 Å². The van der Waals surface area contributed by atoms with Gasteiger partial charge in [0.05, 0.1) is 5.69 Å². The minimum absolute atomic E-state index is 0.00794. The second-order valence-corrected chi connectivity index (χ2v) is 6.74. The maximum Gasteiger partial charge on any atom is 0.249 e. The highest BCUT2D eigenvalue weighted by atomic mass is 16.2. The van der Waals surface area contributed by atoms with Gasteiger partial charge in [0.2, 0.25) is 11.8 Å². The molecule has 2 amide bonds. The number of hydrogen-bond acceptors (Lipinski definition) is 3. The van der Waals surface area contributed by atoms with E-state index in [1.807, 2.05) is 48.5 Å². The molecule has 2 aliphatic heterocycles. The van der Waals surface area contributed by atoms with Crippen molar-refractivity contribution in [2.75, 3.05) is 11.4 Å². The molecule has 0 bridgehead atoms. The van der Waals surface area contributed by atoms with Crippen LogP contribution in [-0.2, 0) is 16.1 Å². The molecule has 2 aliphatic rings. The van der Waals surface area contributed by atoms with Crippen molar-refractivity contribution in [2.45, 2.75) is 31.8 Å². The van der Waals surface area contributed by atoms with Gasteiger partial charge < -0.3 is 9.80 Å². The lowest BCUT2D eigenvalue weighted by atomic mass is 9.99. The van der Waals surface area contributed by atoms with Crippen LogP contribution in [0.2, 0.25) is 0 Å². The molecule has 0 aliphatic carbocycles. The number of amides is 2. The summed E-state index contributed by atoms with van der Waals surface area (Å²) in [5.74, 6) is -0.0198. The van der Waals surface area contributed by atoms with Crippen molar-refractivity contribution in [3.63, 3.8) is 0 Å². The van der Waals surface area contributed by atoms with Gasteiger partial charge in [-0.2, -0.15) is 0 Å². The summed E-state index contributed by atoms with van der Waals surface area (Å²) < 4.78 is 0. The van der Waals surface area contributed by atoms with E-state index in [1.54, 1.807) is 15.9 Å². The first-order valence-corrected chi connectivity index (χ1v) is 8.92. The molecular formula is C21H20N2O3. The topological polar surface area (TPSA) is 57.7 Å². The molecule has 0 N–H and O–H groups in total. The van der Waals surface area contributed by atoms with E-state index in [2.05, 4.69) is 0 Å². The molecule has 5 heteroatoms. The minimum Gasteiger partial charge on any atom is -0.326 e. The number of Topliss-reactive ketones (excluding diaryl/α,β-unsaturated/α-hetero) is 1. The number of benzene rings is 2. The molecule has 1 atom stereocenters. The smallest absolute Gasteiger partial charge is 0.249 e. The lowest BCUT2D eigenvalue weighted by molar-refractivity contribution is -0.134. The monoisotopic (exact) mass is 348 g/mol. The zero-order chi connectivity index (χ0) is 18.1. The Balaban J connectivity index is 1.60. The number of carbonyl (C=O) groups excluding carboxylic acids is 3. The predicted octanol–water partition coefficient (Wildman–Crippen LogP) is 2.80. The highest BCUT2D eigenvalue weighted by Gasteiger charge is 2.40. The van der Waals surface area contributed by atoms with E-state index < -0.39 is 6.04 Å². The zero-order valence-electron chi connectivity index (χ0n) is 14.4. The first-order chi connectivity index (χ1) is 12.6. The molecule has 1 fully saturated rings. The van der Waals surface area contributed by atoms with Gasteiger partial charge in [-0.3, -0.25) is 14.4 Å². The third-order valence-electron chi connectivity index (χ3n) is 5.13. The fourth-order valence-corrected chi connectivity index (χ4v) is 3.79. The van der Waals surface area contributed by atoms with Gasteiger partial charge >= 0.3 is 0 Å². The number of rotatable bonds is 3. The number of likely N-dealkylation sites (tertiary alicyclic amines) is 1. The number of fused-ring (bicyclic) bond motifs is 1. The molecule has 0 saturated carbocycles. The normalized spacial score (nSPS) is 19.6. The van der Waals surface area contributed by atoms with Crippen LogP contribution in [0.3, 0.4) is 0 Å². The van der Waals surface area contributed by atoms with Gasteiger partial charge in [-0.1, -0.05) is 42.5 Å². The summed E-state index contributed by atoms with van der Waals surface area (Å²) in [6.45, 7) is 0.809. The average Bonchev–Trinajstić information content (AvgIpc) is 3.03. The fourth-order valence-electron chi connectivity index (χ4n) is 3.79. The molecule has 2 heterocycles. The molecule has 4 rings (SSSR count). The number of carbonyl (C=O) groups is 3. The van der Waals surface area contributed by atoms with Crippen LogP contribution in [-0.4, -0.2) is 35.1 Å². The number of ketones is 1. The van der Waals surface area contributed by atoms with Crippen LogP contribution in [0.5, 0.6) is 0 Å². The molecule has 1 unspecified atom stereocenters. The zero-order valence-corrected chi connectivity index (χ0v) is 14.4. The van der Waals surface area contributed by atoms with Crippen molar-refractivity contribution < 1.29 is 14.4 Å². The Bertz CT molecular complexity index is 863. The van der Waals surface area contributed by atoms with E-state index >= 15 is 0 Å². The molecule has 5 nitrogen and oxygen atoms in total. The van der Waals surface area contributed by atoms with Gasteiger partial charge in [0.15, 0.2) is 5.78 Å². The van der Waals surface area contributed by atoms with Crippen molar-refractivity contribution in [3.05, 3.63) is 65.7 Å². The maximum absolute atomic E-state index is 13.2. The Morgan fingerprint density at radius 3 is 2.50 bits per heavy atom. The Morgan fingerprint density at radius 1 is 0.962 bits per heavy atom. The fraction of sp³-hybridized carbons (Fsp3) is 0.286. The van der Waals surface area contributed by atoms with Crippen LogP contribution in [0.1, 0.15) is 35.2 Å². The van der Waals surface area contributed by atoms with Gasteiger partial charge in [-0.05, 0) is 24.1 Å². The number of anilines is 1. The summed E-state index contributed by atoms with van der Waals surface area (Å²) in [6, 6.07) is 16.5. The first kappa shape index (κ1) is 16.5. The summed E-state index contributed by atoms with van der Waals surface area (Å²) in [5, 5.41) is 0. The van der Waals surface area contributed by atoms with E-state index in [-0.39, 0.29) is 17.6 Å². The van der Waals surface area contributed by atoms with Crippen LogP contribution in [0.25, 0.3) is 0 Å². The van der Waals surface area contributed by atoms with Gasteiger partial charge in [0.1, 0.15) is 6.04 Å². The number of nitrogens with zero attached hydrogens (tertiary/aromatic N) is 2. The van der Waals surface area contributed by atoms with E-state index in [9.17, 15) is 14.4 Å². The van der Waals surface area contributed by atoms with E-state index in [0.29, 0.717) is 43.6 Å². The highest BCUT2D eigenvalue weighted by Crippen LogP contribution is 2.30. The van der Waals surface area contributed by atoms with E-state index in [4.69, 9.17) is 0 Å².